The molecule has 0 bridgehead atoms. The predicted molar refractivity (Wildman–Crippen MR) is 388 cm³/mol. The largest absolute Gasteiger partial charge is 0.394 e. The maximum Gasteiger partial charge on any atom is 0.255 e. The first-order valence-electron chi connectivity index (χ1n) is 26.1. The lowest BCUT2D eigenvalue weighted by molar-refractivity contribution is -0.126. The number of likely N-dealkylation sites (N-methyl/N-ethyl adjacent to an activating group) is 1. The highest BCUT2D eigenvalue weighted by Gasteiger charge is 2.36. The molecule has 0 aliphatic carbocycles. The molecule has 90 heavy (non-hydrogen) atoms. The van der Waals surface area contributed by atoms with Gasteiger partial charge in [0.1, 0.15) is 0 Å². The van der Waals surface area contributed by atoms with Crippen LogP contribution in [0.15, 0.2) is 0 Å². The summed E-state index contributed by atoms with van der Waals surface area (Å²) in [5, 5.41) is 144. The second-order valence-corrected chi connectivity index (χ2v) is 28.0. The Balaban J connectivity index is 2.30. The van der Waals surface area contributed by atoms with Gasteiger partial charge >= 0.3 is 0 Å². The van der Waals surface area contributed by atoms with Gasteiger partial charge in [-0.1, -0.05) is 0 Å². The Hall–Kier alpha value is -1.79. The topological polar surface area (TPSA) is 499 Å². The lowest BCUT2D eigenvalue weighted by atomic mass is 9.99. The summed E-state index contributed by atoms with van der Waals surface area (Å²) in [5.41, 5.74) is -1.74. The zero-order chi connectivity index (χ0) is 68.5. The maximum absolute atomic E-state index is 15.4. The third-order valence-electron chi connectivity index (χ3n) is 12.7. The number of aliphatic hydroxyl groups excluding tert-OH is 13. The minimum absolute atomic E-state index is 0.00256. The summed E-state index contributed by atoms with van der Waals surface area (Å²) in [6, 6.07) is 0. The Morgan fingerprint density at radius 1 is 0.378 bits per heavy atom. The molecule has 19 N–H and O–H groups in total. The van der Waals surface area contributed by atoms with E-state index in [2.05, 4.69) is 31.9 Å². The quantitative estimate of drug-likeness (QED) is 0.0292. The van der Waals surface area contributed by atoms with Crippen LogP contribution in [0.5, 0.6) is 0 Å². The number of nitrogens with one attached hydrogen (secondary N) is 6. The number of benzene rings is 3. The van der Waals surface area contributed by atoms with Gasteiger partial charge in [0.25, 0.3) is 53.2 Å². The second kappa shape index (κ2) is 38.8. The third kappa shape index (κ3) is 21.4. The third-order valence-corrected chi connectivity index (χ3v) is 21.3. The molecule has 0 heterocycles. The van der Waals surface area contributed by atoms with Gasteiger partial charge in [-0.15, -0.1) is 0 Å². The molecule has 3 aromatic rings. The molecule has 500 valence electrons. The second-order valence-electron chi connectivity index (χ2n) is 19.4. The number of rotatable bonds is 32. The van der Waals surface area contributed by atoms with E-state index >= 15 is 4.79 Å². The van der Waals surface area contributed by atoms with Crippen molar-refractivity contribution < 1.29 is 110 Å². The Morgan fingerprint density at radius 3 is 1.03 bits per heavy atom. The van der Waals surface area contributed by atoms with Crippen LogP contribution in [-0.2, 0) is 14.4 Å². The van der Waals surface area contributed by atoms with Crippen LogP contribution in [0.1, 0.15) is 74.1 Å². The fourth-order valence-electron chi connectivity index (χ4n) is 7.81. The van der Waals surface area contributed by atoms with Crippen molar-refractivity contribution in [1.29, 1.82) is 0 Å². The van der Waals surface area contributed by atoms with E-state index in [4.69, 9.17) is 0 Å². The summed E-state index contributed by atoms with van der Waals surface area (Å²) in [6.07, 6.45) is -11.9. The van der Waals surface area contributed by atoms with Gasteiger partial charge < -0.3 is 113 Å². The number of halogens is 8. The first-order chi connectivity index (χ1) is 42.1. The van der Waals surface area contributed by atoms with E-state index in [0.717, 1.165) is 9.80 Å². The summed E-state index contributed by atoms with van der Waals surface area (Å²) in [7, 11) is 2.60. The number of amides is 9. The molecule has 7 unspecified atom stereocenters. The highest BCUT2D eigenvalue weighted by atomic mass is 127. The van der Waals surface area contributed by atoms with E-state index in [1.54, 1.807) is 181 Å². The van der Waals surface area contributed by atoms with Gasteiger partial charge in [0, 0.05) is 70.6 Å². The molecule has 39 heteroatoms. The minimum atomic E-state index is -1.99. The number of aliphatic hydroxyl groups is 13. The van der Waals surface area contributed by atoms with Crippen LogP contribution < -0.4 is 31.9 Å². The fraction of sp³-hybridized carbons (Fsp3) is 0.471. The van der Waals surface area contributed by atoms with Crippen molar-refractivity contribution in [3.63, 3.8) is 0 Å². The zero-order valence-electron chi connectivity index (χ0n) is 47.3. The van der Waals surface area contributed by atoms with Crippen molar-refractivity contribution in [2.75, 3.05) is 116 Å². The van der Waals surface area contributed by atoms with Crippen molar-refractivity contribution in [2.24, 2.45) is 0 Å². The molecule has 9 amide bonds. The van der Waals surface area contributed by atoms with Gasteiger partial charge in [-0.05, 0) is 200 Å². The molecule has 3 rings (SSSR count). The van der Waals surface area contributed by atoms with Gasteiger partial charge in [-0.25, -0.2) is 0 Å². The van der Waals surface area contributed by atoms with Crippen LogP contribution in [0.2, 0.25) is 0 Å². The summed E-state index contributed by atoms with van der Waals surface area (Å²) >= 11 is 13.7. The summed E-state index contributed by atoms with van der Waals surface area (Å²) in [5.74, 6) is -8.61. The number of hydrogen-bond acceptors (Lipinski definition) is 22. The number of carbonyl (C=O) groups is 9. The molecular formula is C51H63I8N9O22. The molecular weight excluding hydrogens is 2110 g/mol. The van der Waals surface area contributed by atoms with Crippen LogP contribution in [-0.4, -0.2) is 277 Å². The number of nitrogens with zero attached hydrogens (tertiary/aromatic N) is 3. The van der Waals surface area contributed by atoms with E-state index in [-0.39, 0.29) is 104 Å². The molecule has 0 saturated carbocycles. The molecule has 0 saturated heterocycles. The Morgan fingerprint density at radius 2 is 0.689 bits per heavy atom. The van der Waals surface area contributed by atoms with Crippen molar-refractivity contribution in [3.05, 3.63) is 67.5 Å². The predicted octanol–water partition coefficient (Wildman–Crippen LogP) is -2.31. The van der Waals surface area contributed by atoms with Gasteiger partial charge in [0.15, 0.2) is 18.3 Å². The monoisotopic (exact) mass is 2170 g/mol. The molecule has 0 aliphatic rings. The Bertz CT molecular complexity index is 3190. The number of carbonyl (C=O) groups excluding carboxylic acids is 9. The van der Waals surface area contributed by atoms with E-state index in [1.807, 2.05) is 0 Å². The van der Waals surface area contributed by atoms with Gasteiger partial charge in [-0.2, -0.15) is 0 Å². The maximum atomic E-state index is 15.4. The van der Waals surface area contributed by atoms with Crippen molar-refractivity contribution >= 4 is 251 Å². The normalized spacial score (nSPS) is 13.6. The van der Waals surface area contributed by atoms with E-state index in [9.17, 15) is 105 Å². The van der Waals surface area contributed by atoms with Crippen LogP contribution >= 0.6 is 181 Å². The van der Waals surface area contributed by atoms with Crippen molar-refractivity contribution in [2.45, 2.75) is 56.1 Å². The van der Waals surface area contributed by atoms with Crippen LogP contribution in [0.3, 0.4) is 0 Å². The average molecular weight is 2170 g/mol. The highest BCUT2D eigenvalue weighted by molar-refractivity contribution is 14.1. The molecule has 0 spiro atoms. The van der Waals surface area contributed by atoms with E-state index < -0.39 is 168 Å². The lowest BCUT2D eigenvalue weighted by Gasteiger charge is -2.31. The van der Waals surface area contributed by atoms with Crippen LogP contribution in [0.4, 0.5) is 17.1 Å². The smallest absolute Gasteiger partial charge is 0.255 e. The molecule has 0 fully saturated rings. The molecule has 7 atom stereocenters. The summed E-state index contributed by atoms with van der Waals surface area (Å²) < 4.78 is 0.216. The molecule has 0 radical (unpaired) electrons. The molecule has 0 aromatic heterocycles. The van der Waals surface area contributed by atoms with E-state index in [0.29, 0.717) is 0 Å². The van der Waals surface area contributed by atoms with Gasteiger partial charge in [0.05, 0.1) is 132 Å². The minimum Gasteiger partial charge on any atom is -0.394 e. The Kier molecular flexibility index (Phi) is 35.6. The fourth-order valence-corrected chi connectivity index (χ4v) is 19.3. The van der Waals surface area contributed by atoms with Crippen LogP contribution in [0, 0.1) is 35.5 Å². The first kappa shape index (κ1) is 82.4. The summed E-state index contributed by atoms with van der Waals surface area (Å²) in [4.78, 5) is 129. The van der Waals surface area contributed by atoms with Crippen molar-refractivity contribution in [1.82, 2.24) is 30.7 Å². The zero-order valence-corrected chi connectivity index (χ0v) is 64.6. The number of hydrogen-bond donors (Lipinski definition) is 19. The van der Waals surface area contributed by atoms with Crippen LogP contribution in [0.25, 0.3) is 0 Å². The lowest BCUT2D eigenvalue weighted by Crippen LogP contribution is -2.45. The summed E-state index contributed by atoms with van der Waals surface area (Å²) in [6.45, 7) is -7.08. The molecule has 0 aliphatic heterocycles. The first-order valence-corrected chi connectivity index (χ1v) is 34.7. The SMILES string of the molecule is Cc1c(NC(=O)C(O)CO)c(I)c(C(=O)NCC(O)CO)c(I)c1C(=O)N(CCCN(C)C(=O)c1c(I)c(NC(=O)C(O)CO)c(I)c(C(=O)NCC(O)CO)c1I)CC(O)CN(C)C(=O)c1c(I)c(NC(=O)C(O)CO)c(I)c(C(=O)NCC(O)CO)c1I. The van der Waals surface area contributed by atoms with E-state index in [1.165, 1.54) is 25.9 Å². The van der Waals surface area contributed by atoms with Gasteiger partial charge in [0.2, 0.25) is 0 Å². The molecule has 31 nitrogen and oxygen atoms in total. The van der Waals surface area contributed by atoms with Crippen molar-refractivity contribution in [3.8, 4) is 0 Å². The highest BCUT2D eigenvalue weighted by Crippen LogP contribution is 2.39. The number of anilines is 3. The Labute approximate surface area is 622 Å². The standard InChI is InChI=1S/C51H63I8N9O22/c1-18-26(32(52)27(46(85)60-7-19(75)12-69)35(55)40(18)63-43(82)23(79)15-72)51(90)68(6-4-5-66(2)49(88)30-33(53)28(47(86)61-8-20(76)13-70)36(56)41(38(30)58)64-44(83)24(80)16-73)11-22(78)10-67(3)50(89)31-34(54)29(48(87)62-9-21(77)14-71)37(57)42(39(31)59)65-45(84)25(81)17-74/h19-25,69-81H,4-17H2,1-3H3,(H,60,85)(H,61,86)(H,62,87)(H,63,82)(H,64,83)(H,65,84). The van der Waals surface area contributed by atoms with Gasteiger partial charge in [-0.3, -0.25) is 43.2 Å². The average Bonchev–Trinajstić information content (AvgIpc) is 0.791. The molecule has 3 aromatic carbocycles.